The lowest BCUT2D eigenvalue weighted by atomic mass is 9.84. The molecule has 2 aliphatic rings. The predicted molar refractivity (Wildman–Crippen MR) is 86.0 cm³/mol. The van der Waals surface area contributed by atoms with Crippen LogP contribution in [0.4, 0.5) is 0 Å². The van der Waals surface area contributed by atoms with E-state index in [9.17, 15) is 0 Å². The molecule has 0 aromatic rings. The molecule has 0 spiro atoms. The molecular formula is C18H35NO. The lowest BCUT2D eigenvalue weighted by Gasteiger charge is -2.34. The molecule has 20 heavy (non-hydrogen) atoms. The van der Waals surface area contributed by atoms with E-state index in [0.29, 0.717) is 6.10 Å². The quantitative estimate of drug-likeness (QED) is 0.718. The van der Waals surface area contributed by atoms with Gasteiger partial charge in [0.25, 0.3) is 0 Å². The van der Waals surface area contributed by atoms with Crippen molar-refractivity contribution in [1.29, 1.82) is 0 Å². The Kier molecular flexibility index (Phi) is 6.83. The van der Waals surface area contributed by atoms with E-state index in [1.807, 2.05) is 7.11 Å². The molecule has 118 valence electrons. The van der Waals surface area contributed by atoms with Gasteiger partial charge in [0.05, 0.1) is 6.10 Å². The third kappa shape index (κ3) is 5.04. The van der Waals surface area contributed by atoms with Crippen molar-refractivity contribution in [3.05, 3.63) is 0 Å². The first kappa shape index (κ1) is 16.3. The van der Waals surface area contributed by atoms with E-state index in [2.05, 4.69) is 18.7 Å². The molecule has 2 rings (SSSR count). The summed E-state index contributed by atoms with van der Waals surface area (Å²) in [6.45, 7) is 8.81. The molecule has 1 heterocycles. The number of ether oxygens (including phenoxy) is 1. The van der Waals surface area contributed by atoms with Crippen molar-refractivity contribution in [3.8, 4) is 0 Å². The summed E-state index contributed by atoms with van der Waals surface area (Å²) in [5.74, 6) is 2.85. The number of nitrogens with zero attached hydrogens (tertiary/aromatic N) is 1. The molecule has 2 heteroatoms. The Labute approximate surface area is 126 Å². The molecule has 0 amide bonds. The zero-order chi connectivity index (χ0) is 14.4. The van der Waals surface area contributed by atoms with Crippen LogP contribution >= 0.6 is 0 Å². The Balaban J connectivity index is 1.54. The van der Waals surface area contributed by atoms with Crippen LogP contribution in [0.2, 0.25) is 0 Å². The standard InChI is InChI=1S/C18H35NO/c1-15(2)17-10-13-19(14-11-17)12-4-5-16-6-8-18(20-3)9-7-16/h15-18H,4-14H2,1-3H3. The fourth-order valence-electron chi connectivity index (χ4n) is 4.10. The second-order valence-corrected chi connectivity index (χ2v) is 7.44. The summed E-state index contributed by atoms with van der Waals surface area (Å²) in [5.41, 5.74) is 0. The van der Waals surface area contributed by atoms with Crippen LogP contribution < -0.4 is 0 Å². The summed E-state index contributed by atoms with van der Waals surface area (Å²) >= 11 is 0. The van der Waals surface area contributed by atoms with Gasteiger partial charge in [-0.05, 0) is 88.8 Å². The molecule has 1 saturated carbocycles. The molecule has 2 fully saturated rings. The van der Waals surface area contributed by atoms with Crippen LogP contribution in [0.3, 0.4) is 0 Å². The minimum Gasteiger partial charge on any atom is -0.381 e. The SMILES string of the molecule is COC1CCC(CCCN2CCC(C(C)C)CC2)CC1. The van der Waals surface area contributed by atoms with Crippen LogP contribution in [0.25, 0.3) is 0 Å². The van der Waals surface area contributed by atoms with E-state index in [-0.39, 0.29) is 0 Å². The summed E-state index contributed by atoms with van der Waals surface area (Å²) in [4.78, 5) is 2.71. The molecule has 0 atom stereocenters. The number of likely N-dealkylation sites (tertiary alicyclic amines) is 1. The molecule has 2 nitrogen and oxygen atoms in total. The highest BCUT2D eigenvalue weighted by Crippen LogP contribution is 2.29. The predicted octanol–water partition coefficient (Wildman–Crippen LogP) is 4.34. The zero-order valence-corrected chi connectivity index (χ0v) is 13.9. The van der Waals surface area contributed by atoms with Gasteiger partial charge in [0, 0.05) is 7.11 Å². The second-order valence-electron chi connectivity index (χ2n) is 7.44. The average molecular weight is 281 g/mol. The first-order chi connectivity index (χ1) is 9.69. The first-order valence-corrected chi connectivity index (χ1v) is 8.94. The molecule has 1 aliphatic heterocycles. The van der Waals surface area contributed by atoms with Gasteiger partial charge < -0.3 is 9.64 Å². The molecule has 0 radical (unpaired) electrons. The molecule has 0 bridgehead atoms. The van der Waals surface area contributed by atoms with Crippen molar-refractivity contribution in [2.75, 3.05) is 26.7 Å². The summed E-state index contributed by atoms with van der Waals surface area (Å²) in [6.07, 6.45) is 11.6. The van der Waals surface area contributed by atoms with Crippen LogP contribution in [0.1, 0.15) is 65.2 Å². The van der Waals surface area contributed by atoms with Gasteiger partial charge in [0.2, 0.25) is 0 Å². The molecule has 1 aliphatic carbocycles. The maximum Gasteiger partial charge on any atom is 0.0571 e. The second kappa shape index (κ2) is 8.38. The normalized spacial score (nSPS) is 30.0. The Bertz CT molecular complexity index is 250. The summed E-state index contributed by atoms with van der Waals surface area (Å²) in [6, 6.07) is 0. The van der Waals surface area contributed by atoms with Gasteiger partial charge in [-0.15, -0.1) is 0 Å². The van der Waals surface area contributed by atoms with Gasteiger partial charge in [0.15, 0.2) is 0 Å². The van der Waals surface area contributed by atoms with Crippen molar-refractivity contribution in [2.24, 2.45) is 17.8 Å². The summed E-state index contributed by atoms with van der Waals surface area (Å²) < 4.78 is 5.46. The van der Waals surface area contributed by atoms with Gasteiger partial charge in [0.1, 0.15) is 0 Å². The van der Waals surface area contributed by atoms with E-state index in [4.69, 9.17) is 4.74 Å². The molecule has 0 aromatic heterocycles. The van der Waals surface area contributed by atoms with Crippen molar-refractivity contribution in [3.63, 3.8) is 0 Å². The van der Waals surface area contributed by atoms with Gasteiger partial charge in [-0.1, -0.05) is 13.8 Å². The molecular weight excluding hydrogens is 246 g/mol. The van der Waals surface area contributed by atoms with Crippen LogP contribution in [0, 0.1) is 17.8 Å². The number of hydrogen-bond acceptors (Lipinski definition) is 2. The molecule has 0 N–H and O–H groups in total. The summed E-state index contributed by atoms with van der Waals surface area (Å²) in [7, 11) is 1.87. The average Bonchev–Trinajstić information content (AvgIpc) is 2.48. The maximum atomic E-state index is 5.46. The smallest absolute Gasteiger partial charge is 0.0571 e. The van der Waals surface area contributed by atoms with E-state index in [0.717, 1.165) is 17.8 Å². The van der Waals surface area contributed by atoms with Gasteiger partial charge in [-0.3, -0.25) is 0 Å². The Morgan fingerprint density at radius 2 is 1.65 bits per heavy atom. The highest BCUT2D eigenvalue weighted by Gasteiger charge is 2.23. The lowest BCUT2D eigenvalue weighted by Crippen LogP contribution is -2.36. The van der Waals surface area contributed by atoms with Crippen LogP contribution in [0.5, 0.6) is 0 Å². The molecule has 1 saturated heterocycles. The van der Waals surface area contributed by atoms with Gasteiger partial charge in [-0.2, -0.15) is 0 Å². The van der Waals surface area contributed by atoms with Crippen molar-refractivity contribution >= 4 is 0 Å². The molecule has 0 aromatic carbocycles. The third-order valence-electron chi connectivity index (χ3n) is 5.79. The fraction of sp³-hybridized carbons (Fsp3) is 1.00. The maximum absolute atomic E-state index is 5.46. The Morgan fingerprint density at radius 3 is 2.20 bits per heavy atom. The van der Waals surface area contributed by atoms with E-state index < -0.39 is 0 Å². The van der Waals surface area contributed by atoms with Gasteiger partial charge in [-0.25, -0.2) is 0 Å². The Hall–Kier alpha value is -0.0800. The minimum atomic E-state index is 0.557. The minimum absolute atomic E-state index is 0.557. The van der Waals surface area contributed by atoms with E-state index in [1.165, 1.54) is 71.0 Å². The van der Waals surface area contributed by atoms with Crippen LogP contribution in [0.15, 0.2) is 0 Å². The van der Waals surface area contributed by atoms with Gasteiger partial charge >= 0.3 is 0 Å². The monoisotopic (exact) mass is 281 g/mol. The number of methoxy groups -OCH3 is 1. The fourth-order valence-corrected chi connectivity index (χ4v) is 4.10. The van der Waals surface area contributed by atoms with Crippen LogP contribution in [-0.4, -0.2) is 37.7 Å². The highest BCUT2D eigenvalue weighted by atomic mass is 16.5. The van der Waals surface area contributed by atoms with Crippen molar-refractivity contribution < 1.29 is 4.74 Å². The lowest BCUT2D eigenvalue weighted by molar-refractivity contribution is 0.0544. The summed E-state index contributed by atoms with van der Waals surface area (Å²) in [5, 5.41) is 0. The van der Waals surface area contributed by atoms with E-state index in [1.54, 1.807) is 0 Å². The largest absolute Gasteiger partial charge is 0.381 e. The number of hydrogen-bond donors (Lipinski definition) is 0. The van der Waals surface area contributed by atoms with Crippen LogP contribution in [-0.2, 0) is 4.74 Å². The van der Waals surface area contributed by atoms with E-state index >= 15 is 0 Å². The third-order valence-corrected chi connectivity index (χ3v) is 5.79. The van der Waals surface area contributed by atoms with Crippen molar-refractivity contribution in [1.82, 2.24) is 4.90 Å². The number of piperidine rings is 1. The highest BCUT2D eigenvalue weighted by molar-refractivity contribution is 4.76. The topological polar surface area (TPSA) is 12.5 Å². The molecule has 0 unspecified atom stereocenters. The van der Waals surface area contributed by atoms with Crippen molar-refractivity contribution in [2.45, 2.75) is 71.3 Å². The first-order valence-electron chi connectivity index (χ1n) is 8.94. The zero-order valence-electron chi connectivity index (χ0n) is 13.9. The Morgan fingerprint density at radius 1 is 1.00 bits per heavy atom. The number of rotatable bonds is 6.